The molecular weight excluding hydrogens is 334 g/mol. The SMILES string of the molecule is CNC(=O)C(NC(=O)c1ccc(SC)cc1)c1ccc(F)c(F)c1. The summed E-state index contributed by atoms with van der Waals surface area (Å²) in [5.74, 6) is -3.12. The van der Waals surface area contributed by atoms with Crippen LogP contribution in [0.2, 0.25) is 0 Å². The molecule has 0 spiro atoms. The maximum absolute atomic E-state index is 13.4. The first kappa shape index (κ1) is 17.9. The van der Waals surface area contributed by atoms with Gasteiger partial charge in [0.25, 0.3) is 5.91 Å². The normalized spacial score (nSPS) is 11.7. The number of halogens is 2. The smallest absolute Gasteiger partial charge is 0.252 e. The fourth-order valence-corrected chi connectivity index (χ4v) is 2.50. The van der Waals surface area contributed by atoms with E-state index in [1.807, 2.05) is 6.26 Å². The first-order valence-corrected chi connectivity index (χ1v) is 8.30. The molecule has 0 aliphatic carbocycles. The molecule has 2 aromatic carbocycles. The minimum Gasteiger partial charge on any atom is -0.357 e. The summed E-state index contributed by atoms with van der Waals surface area (Å²) in [5, 5.41) is 4.94. The molecule has 0 aliphatic rings. The number of likely N-dealkylation sites (N-methyl/N-ethyl adjacent to an activating group) is 1. The monoisotopic (exact) mass is 350 g/mol. The quantitative estimate of drug-likeness (QED) is 0.815. The molecule has 0 saturated heterocycles. The average Bonchev–Trinajstić information content (AvgIpc) is 2.61. The molecule has 2 amide bonds. The van der Waals surface area contributed by atoms with E-state index in [-0.39, 0.29) is 5.56 Å². The molecule has 7 heteroatoms. The van der Waals surface area contributed by atoms with Gasteiger partial charge in [-0.2, -0.15) is 0 Å². The molecule has 0 saturated carbocycles. The number of hydrogen-bond donors (Lipinski definition) is 2. The van der Waals surface area contributed by atoms with Crippen LogP contribution >= 0.6 is 11.8 Å². The first-order valence-electron chi connectivity index (χ1n) is 7.07. The minimum absolute atomic E-state index is 0.155. The van der Waals surface area contributed by atoms with Gasteiger partial charge in [0.15, 0.2) is 11.6 Å². The molecule has 0 aromatic heterocycles. The van der Waals surface area contributed by atoms with Crippen molar-refractivity contribution in [2.45, 2.75) is 10.9 Å². The Balaban J connectivity index is 2.26. The zero-order valence-electron chi connectivity index (χ0n) is 13.1. The van der Waals surface area contributed by atoms with E-state index in [2.05, 4.69) is 10.6 Å². The lowest BCUT2D eigenvalue weighted by Crippen LogP contribution is -2.39. The highest BCUT2D eigenvalue weighted by Crippen LogP contribution is 2.19. The molecule has 0 heterocycles. The predicted molar refractivity (Wildman–Crippen MR) is 88.9 cm³/mol. The summed E-state index contributed by atoms with van der Waals surface area (Å²) >= 11 is 1.54. The molecule has 1 atom stereocenters. The Bertz CT molecular complexity index is 751. The lowest BCUT2D eigenvalue weighted by atomic mass is 10.0. The highest BCUT2D eigenvalue weighted by molar-refractivity contribution is 7.98. The van der Waals surface area contributed by atoms with Gasteiger partial charge in [0.05, 0.1) is 0 Å². The van der Waals surface area contributed by atoms with Crippen molar-refractivity contribution in [2.24, 2.45) is 0 Å². The number of thioether (sulfide) groups is 1. The number of nitrogens with one attached hydrogen (secondary N) is 2. The molecule has 2 aromatic rings. The highest BCUT2D eigenvalue weighted by atomic mass is 32.2. The zero-order chi connectivity index (χ0) is 17.7. The second kappa shape index (κ2) is 7.92. The predicted octanol–water partition coefficient (Wildman–Crippen LogP) is 2.90. The summed E-state index contributed by atoms with van der Waals surface area (Å²) < 4.78 is 26.5. The number of benzene rings is 2. The number of carbonyl (C=O) groups excluding carboxylic acids is 2. The number of amides is 2. The fourth-order valence-electron chi connectivity index (χ4n) is 2.09. The summed E-state index contributed by atoms with van der Waals surface area (Å²) in [6.45, 7) is 0. The van der Waals surface area contributed by atoms with Crippen LogP contribution in [0.1, 0.15) is 22.0 Å². The Labute approximate surface area is 142 Å². The maximum atomic E-state index is 13.4. The van der Waals surface area contributed by atoms with Gasteiger partial charge >= 0.3 is 0 Å². The molecule has 0 aliphatic heterocycles. The van der Waals surface area contributed by atoms with Crippen LogP contribution < -0.4 is 10.6 Å². The van der Waals surface area contributed by atoms with Gasteiger partial charge in [-0.25, -0.2) is 8.78 Å². The van der Waals surface area contributed by atoms with Crippen molar-refractivity contribution in [3.63, 3.8) is 0 Å². The molecule has 1 unspecified atom stereocenters. The van der Waals surface area contributed by atoms with Crippen LogP contribution in [0.4, 0.5) is 8.78 Å². The summed E-state index contributed by atoms with van der Waals surface area (Å²) in [6.07, 6.45) is 1.92. The van der Waals surface area contributed by atoms with Crippen LogP contribution in [-0.2, 0) is 4.79 Å². The third-order valence-electron chi connectivity index (χ3n) is 3.41. The third kappa shape index (κ3) is 4.11. The molecule has 0 bridgehead atoms. The minimum atomic E-state index is -1.13. The van der Waals surface area contributed by atoms with Crippen molar-refractivity contribution in [3.05, 3.63) is 65.2 Å². The van der Waals surface area contributed by atoms with E-state index in [0.717, 1.165) is 17.0 Å². The van der Waals surface area contributed by atoms with Crippen molar-refractivity contribution in [2.75, 3.05) is 13.3 Å². The topological polar surface area (TPSA) is 58.2 Å². The molecule has 2 rings (SSSR count). The largest absolute Gasteiger partial charge is 0.357 e. The van der Waals surface area contributed by atoms with Gasteiger partial charge < -0.3 is 10.6 Å². The van der Waals surface area contributed by atoms with Crippen LogP contribution in [-0.4, -0.2) is 25.1 Å². The van der Waals surface area contributed by atoms with E-state index >= 15 is 0 Å². The second-order valence-electron chi connectivity index (χ2n) is 4.92. The van der Waals surface area contributed by atoms with Crippen molar-refractivity contribution in [3.8, 4) is 0 Å². The Morgan fingerprint density at radius 2 is 1.71 bits per heavy atom. The van der Waals surface area contributed by atoms with Crippen molar-refractivity contribution < 1.29 is 18.4 Å². The van der Waals surface area contributed by atoms with Gasteiger partial charge in [-0.3, -0.25) is 9.59 Å². The first-order chi connectivity index (χ1) is 11.5. The van der Waals surface area contributed by atoms with Crippen LogP contribution in [0, 0.1) is 11.6 Å². The molecule has 24 heavy (non-hydrogen) atoms. The van der Waals surface area contributed by atoms with Gasteiger partial charge in [0, 0.05) is 17.5 Å². The number of carbonyl (C=O) groups is 2. The Kier molecular flexibility index (Phi) is 5.92. The summed E-state index contributed by atoms with van der Waals surface area (Å²) in [7, 11) is 1.40. The van der Waals surface area contributed by atoms with Crippen LogP contribution in [0.5, 0.6) is 0 Å². The van der Waals surface area contributed by atoms with Gasteiger partial charge in [-0.05, 0) is 48.2 Å². The molecule has 0 radical (unpaired) electrons. The fraction of sp³-hybridized carbons (Fsp3) is 0.176. The van der Waals surface area contributed by atoms with Crippen LogP contribution in [0.3, 0.4) is 0 Å². The zero-order valence-corrected chi connectivity index (χ0v) is 13.9. The molecule has 0 fully saturated rings. The summed E-state index contributed by atoms with van der Waals surface area (Å²) in [4.78, 5) is 25.4. The van der Waals surface area contributed by atoms with E-state index in [0.29, 0.717) is 5.56 Å². The van der Waals surface area contributed by atoms with E-state index in [4.69, 9.17) is 0 Å². The maximum Gasteiger partial charge on any atom is 0.252 e. The Morgan fingerprint density at radius 1 is 1.04 bits per heavy atom. The standard InChI is InChI=1S/C17H16F2N2O2S/c1-20-17(23)15(11-5-8-13(18)14(19)9-11)21-16(22)10-3-6-12(24-2)7-4-10/h3-9,15H,1-2H3,(H,20,23)(H,21,22). The third-order valence-corrected chi connectivity index (χ3v) is 4.16. The van der Waals surface area contributed by atoms with E-state index in [1.54, 1.807) is 24.3 Å². The van der Waals surface area contributed by atoms with E-state index in [1.165, 1.54) is 24.9 Å². The molecule has 4 nitrogen and oxygen atoms in total. The van der Waals surface area contributed by atoms with Gasteiger partial charge in [0.2, 0.25) is 5.91 Å². The lowest BCUT2D eigenvalue weighted by Gasteiger charge is -2.18. The van der Waals surface area contributed by atoms with Crippen molar-refractivity contribution >= 4 is 23.6 Å². The van der Waals surface area contributed by atoms with Crippen molar-refractivity contribution in [1.82, 2.24) is 10.6 Å². The van der Waals surface area contributed by atoms with E-state index < -0.39 is 29.5 Å². The Morgan fingerprint density at radius 3 is 2.25 bits per heavy atom. The highest BCUT2D eigenvalue weighted by Gasteiger charge is 2.23. The number of hydrogen-bond acceptors (Lipinski definition) is 3. The summed E-state index contributed by atoms with van der Waals surface area (Å²) in [5.41, 5.74) is 0.520. The van der Waals surface area contributed by atoms with Gasteiger partial charge in [-0.1, -0.05) is 6.07 Å². The van der Waals surface area contributed by atoms with Crippen LogP contribution in [0.25, 0.3) is 0 Å². The molecular formula is C17H16F2N2O2S. The van der Waals surface area contributed by atoms with E-state index in [9.17, 15) is 18.4 Å². The molecule has 2 N–H and O–H groups in total. The number of rotatable bonds is 5. The second-order valence-corrected chi connectivity index (χ2v) is 5.80. The van der Waals surface area contributed by atoms with Crippen LogP contribution in [0.15, 0.2) is 47.4 Å². The molecule has 126 valence electrons. The lowest BCUT2D eigenvalue weighted by molar-refractivity contribution is -0.122. The van der Waals surface area contributed by atoms with Gasteiger partial charge in [0.1, 0.15) is 6.04 Å². The average molecular weight is 350 g/mol. The summed E-state index contributed by atoms with van der Waals surface area (Å²) in [6, 6.07) is 8.78. The Hall–Kier alpha value is -2.41. The van der Waals surface area contributed by atoms with Gasteiger partial charge in [-0.15, -0.1) is 11.8 Å². The van der Waals surface area contributed by atoms with Crippen molar-refractivity contribution in [1.29, 1.82) is 0 Å².